The Bertz CT molecular complexity index is 746. The standard InChI is InChI=1S/C22H31N3O3/c1-4-20(26)25-12-8-16(9-13-25)21(27)23-19-7-5-6-17-14-24(11-10-18(17)19)15-22(2,3)28/h4-7,16,28H,1,8-15H2,2-3H3,(H,23,27). The van der Waals surface area contributed by atoms with E-state index >= 15 is 0 Å². The summed E-state index contributed by atoms with van der Waals surface area (Å²) in [5.74, 6) is -0.0929. The molecule has 3 rings (SSSR count). The Kier molecular flexibility index (Phi) is 6.20. The second kappa shape index (κ2) is 8.45. The maximum atomic E-state index is 12.8. The van der Waals surface area contributed by atoms with Crippen LogP contribution in [0.25, 0.3) is 0 Å². The number of piperidine rings is 1. The van der Waals surface area contributed by atoms with Gasteiger partial charge in [-0.1, -0.05) is 18.7 Å². The maximum Gasteiger partial charge on any atom is 0.245 e. The van der Waals surface area contributed by atoms with Crippen molar-refractivity contribution in [2.24, 2.45) is 5.92 Å². The van der Waals surface area contributed by atoms with Crippen LogP contribution in [0.5, 0.6) is 0 Å². The number of β-amino-alcohol motifs (C(OH)–C–C–N with tert-alkyl or cyclic N) is 1. The smallest absolute Gasteiger partial charge is 0.245 e. The molecule has 6 nitrogen and oxygen atoms in total. The highest BCUT2D eigenvalue weighted by Gasteiger charge is 2.28. The molecule has 2 N–H and O–H groups in total. The third-order valence-corrected chi connectivity index (χ3v) is 5.57. The fourth-order valence-corrected chi connectivity index (χ4v) is 4.19. The number of carbonyl (C=O) groups excluding carboxylic acids is 2. The van der Waals surface area contributed by atoms with Gasteiger partial charge in [0.05, 0.1) is 5.60 Å². The van der Waals surface area contributed by atoms with Crippen molar-refractivity contribution in [3.63, 3.8) is 0 Å². The van der Waals surface area contributed by atoms with E-state index in [9.17, 15) is 14.7 Å². The first kappa shape index (κ1) is 20.6. The highest BCUT2D eigenvalue weighted by Crippen LogP contribution is 2.28. The monoisotopic (exact) mass is 385 g/mol. The topological polar surface area (TPSA) is 72.9 Å². The molecule has 0 saturated carbocycles. The zero-order valence-electron chi connectivity index (χ0n) is 16.9. The van der Waals surface area contributed by atoms with Crippen molar-refractivity contribution in [2.75, 3.05) is 31.5 Å². The van der Waals surface area contributed by atoms with Gasteiger partial charge in [-0.3, -0.25) is 14.5 Å². The maximum absolute atomic E-state index is 12.8. The van der Waals surface area contributed by atoms with Crippen LogP contribution in [0.4, 0.5) is 5.69 Å². The second-order valence-corrected chi connectivity index (χ2v) is 8.51. The van der Waals surface area contributed by atoms with E-state index in [2.05, 4.69) is 22.9 Å². The minimum Gasteiger partial charge on any atom is -0.389 e. The molecule has 1 aromatic rings. The SMILES string of the molecule is C=CC(=O)N1CCC(C(=O)Nc2cccc3c2CCN(CC(C)(C)O)C3)CC1. The van der Waals surface area contributed by atoms with Crippen LogP contribution in [0, 0.1) is 5.92 Å². The molecule has 1 saturated heterocycles. The lowest BCUT2D eigenvalue weighted by Gasteiger charge is -2.34. The van der Waals surface area contributed by atoms with Crippen molar-refractivity contribution in [3.8, 4) is 0 Å². The third-order valence-electron chi connectivity index (χ3n) is 5.57. The number of carbonyl (C=O) groups is 2. The van der Waals surface area contributed by atoms with Crippen LogP contribution >= 0.6 is 0 Å². The number of rotatable bonds is 5. The molecule has 0 bridgehead atoms. The molecule has 28 heavy (non-hydrogen) atoms. The average Bonchev–Trinajstić information content (AvgIpc) is 2.66. The van der Waals surface area contributed by atoms with Gasteiger partial charge in [0, 0.05) is 44.3 Å². The molecule has 2 heterocycles. The first-order valence-corrected chi connectivity index (χ1v) is 10.0. The Labute approximate surface area is 167 Å². The normalized spacial score (nSPS) is 18.5. The summed E-state index contributed by atoms with van der Waals surface area (Å²) in [5.41, 5.74) is 2.59. The van der Waals surface area contributed by atoms with E-state index < -0.39 is 5.60 Å². The van der Waals surface area contributed by atoms with E-state index in [4.69, 9.17) is 0 Å². The summed E-state index contributed by atoms with van der Waals surface area (Å²) in [6, 6.07) is 6.05. The Balaban J connectivity index is 1.62. The molecule has 0 atom stereocenters. The lowest BCUT2D eigenvalue weighted by molar-refractivity contribution is -0.130. The molecular formula is C22H31N3O3. The van der Waals surface area contributed by atoms with Gasteiger partial charge in [-0.2, -0.15) is 0 Å². The summed E-state index contributed by atoms with van der Waals surface area (Å²) in [5, 5.41) is 13.2. The van der Waals surface area contributed by atoms with Gasteiger partial charge in [-0.05, 0) is 56.4 Å². The van der Waals surface area contributed by atoms with Crippen molar-refractivity contribution < 1.29 is 14.7 Å². The quantitative estimate of drug-likeness (QED) is 0.762. The van der Waals surface area contributed by atoms with Crippen molar-refractivity contribution in [1.82, 2.24) is 9.80 Å². The number of hydrogen-bond donors (Lipinski definition) is 2. The number of anilines is 1. The molecule has 2 amide bonds. The minimum absolute atomic E-state index is 0.0398. The predicted octanol–water partition coefficient (Wildman–Crippen LogP) is 2.18. The van der Waals surface area contributed by atoms with E-state index in [-0.39, 0.29) is 17.7 Å². The highest BCUT2D eigenvalue weighted by molar-refractivity contribution is 5.94. The number of nitrogens with one attached hydrogen (secondary N) is 1. The molecule has 152 valence electrons. The first-order chi connectivity index (χ1) is 13.3. The molecule has 0 aliphatic carbocycles. The van der Waals surface area contributed by atoms with Crippen LogP contribution in [-0.4, -0.2) is 58.5 Å². The number of amides is 2. The van der Waals surface area contributed by atoms with E-state index in [0.29, 0.717) is 32.5 Å². The van der Waals surface area contributed by atoms with Gasteiger partial charge in [0.15, 0.2) is 0 Å². The highest BCUT2D eigenvalue weighted by atomic mass is 16.3. The van der Waals surface area contributed by atoms with Crippen LogP contribution in [0.2, 0.25) is 0 Å². The number of fused-ring (bicyclic) bond motifs is 1. The van der Waals surface area contributed by atoms with E-state index in [0.717, 1.165) is 25.2 Å². The molecule has 0 radical (unpaired) electrons. The fourth-order valence-electron chi connectivity index (χ4n) is 4.19. The average molecular weight is 386 g/mol. The van der Waals surface area contributed by atoms with Gasteiger partial charge in [0.25, 0.3) is 0 Å². The van der Waals surface area contributed by atoms with E-state index in [1.54, 1.807) is 4.90 Å². The largest absolute Gasteiger partial charge is 0.389 e. The summed E-state index contributed by atoms with van der Waals surface area (Å²) in [6.45, 7) is 10.7. The predicted molar refractivity (Wildman–Crippen MR) is 110 cm³/mol. The molecule has 1 aromatic carbocycles. The summed E-state index contributed by atoms with van der Waals surface area (Å²) in [4.78, 5) is 28.5. The Morgan fingerprint density at radius 1 is 1.29 bits per heavy atom. The molecule has 0 unspecified atom stereocenters. The van der Waals surface area contributed by atoms with Crippen molar-refractivity contribution >= 4 is 17.5 Å². The second-order valence-electron chi connectivity index (χ2n) is 8.51. The molecule has 1 fully saturated rings. The van der Waals surface area contributed by atoms with Crippen molar-refractivity contribution in [1.29, 1.82) is 0 Å². The van der Waals surface area contributed by atoms with Gasteiger partial charge in [0.2, 0.25) is 11.8 Å². The van der Waals surface area contributed by atoms with Crippen LogP contribution < -0.4 is 5.32 Å². The Morgan fingerprint density at radius 2 is 2.00 bits per heavy atom. The van der Waals surface area contributed by atoms with E-state index in [1.807, 2.05) is 26.0 Å². The van der Waals surface area contributed by atoms with Crippen molar-refractivity contribution in [3.05, 3.63) is 42.0 Å². The zero-order chi connectivity index (χ0) is 20.3. The first-order valence-electron chi connectivity index (χ1n) is 10.0. The van der Waals surface area contributed by atoms with E-state index in [1.165, 1.54) is 17.2 Å². The number of nitrogens with zero attached hydrogens (tertiary/aromatic N) is 2. The Hall–Kier alpha value is -2.18. The third kappa shape index (κ3) is 5.00. The van der Waals surface area contributed by atoms with Gasteiger partial charge in [0.1, 0.15) is 0 Å². The summed E-state index contributed by atoms with van der Waals surface area (Å²) in [7, 11) is 0. The van der Waals surface area contributed by atoms with Crippen LogP contribution in [0.15, 0.2) is 30.9 Å². The van der Waals surface area contributed by atoms with Gasteiger partial charge in [-0.25, -0.2) is 0 Å². The zero-order valence-corrected chi connectivity index (χ0v) is 16.9. The lowest BCUT2D eigenvalue weighted by atomic mass is 9.94. The molecule has 0 spiro atoms. The molecule has 2 aliphatic rings. The Morgan fingerprint density at radius 3 is 2.64 bits per heavy atom. The summed E-state index contributed by atoms with van der Waals surface area (Å²) < 4.78 is 0. The van der Waals surface area contributed by atoms with Crippen LogP contribution in [0.3, 0.4) is 0 Å². The summed E-state index contributed by atoms with van der Waals surface area (Å²) in [6.07, 6.45) is 3.55. The minimum atomic E-state index is -0.717. The molecule has 2 aliphatic heterocycles. The molecule has 6 heteroatoms. The molecule has 0 aromatic heterocycles. The number of aliphatic hydroxyl groups is 1. The molecular weight excluding hydrogens is 354 g/mol. The number of likely N-dealkylation sites (tertiary alicyclic amines) is 1. The van der Waals surface area contributed by atoms with Gasteiger partial charge < -0.3 is 15.3 Å². The fraction of sp³-hybridized carbons (Fsp3) is 0.545. The van der Waals surface area contributed by atoms with Crippen LogP contribution in [0.1, 0.15) is 37.8 Å². The van der Waals surface area contributed by atoms with Crippen molar-refractivity contribution in [2.45, 2.75) is 45.3 Å². The number of benzene rings is 1. The van der Waals surface area contributed by atoms with Crippen LogP contribution in [-0.2, 0) is 22.6 Å². The lowest BCUT2D eigenvalue weighted by Crippen LogP contribution is -2.42. The number of hydrogen-bond acceptors (Lipinski definition) is 4. The summed E-state index contributed by atoms with van der Waals surface area (Å²) >= 11 is 0. The van der Waals surface area contributed by atoms with Gasteiger partial charge in [-0.15, -0.1) is 0 Å². The van der Waals surface area contributed by atoms with Gasteiger partial charge >= 0.3 is 0 Å².